The molecule has 2 nitrogen and oxygen atoms in total. The first-order valence-corrected chi connectivity index (χ1v) is 5.38. The molecule has 2 rings (SSSR count). The van der Waals surface area contributed by atoms with E-state index in [0.29, 0.717) is 0 Å². The molecule has 7 heteroatoms. The molecule has 1 aromatic heterocycles. The van der Waals surface area contributed by atoms with Crippen molar-refractivity contribution in [1.29, 1.82) is 0 Å². The van der Waals surface area contributed by atoms with Crippen LogP contribution in [0, 0.1) is 0 Å². The minimum Gasteiger partial charge on any atom is -0.492 e. The summed E-state index contributed by atoms with van der Waals surface area (Å²) in [6.45, 7) is -4.97. The van der Waals surface area contributed by atoms with Gasteiger partial charge in [0.2, 0.25) is 0 Å². The fourth-order valence-electron chi connectivity index (χ4n) is 1.52. The summed E-state index contributed by atoms with van der Waals surface area (Å²) in [7, 11) is 0. The average molecular weight is 291 g/mol. The first kappa shape index (κ1) is 16.7. The number of pyridine rings is 1. The zero-order valence-corrected chi connectivity index (χ0v) is 13.5. The van der Waals surface area contributed by atoms with Crippen molar-refractivity contribution in [2.75, 3.05) is 0 Å². The molecule has 19 heavy (non-hydrogen) atoms. The summed E-state index contributed by atoms with van der Waals surface area (Å²) in [5, 5.41) is 0. The molecule has 0 unspecified atom stereocenters. The fraction of sp³-hybridized carbons (Fsp3) is 0.0833. The van der Waals surface area contributed by atoms with Gasteiger partial charge >= 0.3 is 58.4 Å². The Balaban J connectivity index is 0.00000180. The SMILES string of the molecule is F[B-](F)(F)c1ccccc1OCc1ccncc1.[K+]. The Labute approximate surface area is 151 Å². The Morgan fingerprint density at radius 3 is 2.26 bits per heavy atom. The van der Waals surface area contributed by atoms with Crippen LogP contribution >= 0.6 is 0 Å². The van der Waals surface area contributed by atoms with Crippen molar-refractivity contribution < 1.29 is 69.1 Å². The third-order valence-corrected chi connectivity index (χ3v) is 2.42. The van der Waals surface area contributed by atoms with Crippen LogP contribution in [0.25, 0.3) is 0 Å². The van der Waals surface area contributed by atoms with E-state index in [0.717, 1.165) is 11.6 Å². The molecule has 1 aromatic carbocycles. The Kier molecular flexibility index (Phi) is 6.55. The maximum Gasteiger partial charge on any atom is 1.00 e. The molecule has 0 saturated heterocycles. The second kappa shape index (κ2) is 7.45. The van der Waals surface area contributed by atoms with Crippen LogP contribution in [0.15, 0.2) is 48.8 Å². The number of ether oxygens (including phenoxy) is 1. The molecule has 0 spiro atoms. The predicted molar refractivity (Wildman–Crippen MR) is 63.7 cm³/mol. The van der Waals surface area contributed by atoms with Gasteiger partial charge < -0.3 is 17.7 Å². The maximum atomic E-state index is 12.7. The number of nitrogens with zero attached hydrogens (tertiary/aromatic N) is 1. The predicted octanol–water partition coefficient (Wildman–Crippen LogP) is -0.281. The molecule has 0 atom stereocenters. The fourth-order valence-corrected chi connectivity index (χ4v) is 1.52. The molecule has 94 valence electrons. The Hall–Kier alpha value is -0.339. The van der Waals surface area contributed by atoms with Gasteiger partial charge in [0.15, 0.2) is 0 Å². The summed E-state index contributed by atoms with van der Waals surface area (Å²) >= 11 is 0. The minimum atomic E-state index is -5.06. The zero-order chi connectivity index (χ0) is 13.0. The normalized spacial score (nSPS) is 10.7. The van der Waals surface area contributed by atoms with E-state index in [4.69, 9.17) is 4.74 Å². The van der Waals surface area contributed by atoms with Crippen LogP contribution in [0.1, 0.15) is 5.56 Å². The minimum absolute atomic E-state index is 0. The van der Waals surface area contributed by atoms with E-state index in [1.165, 1.54) is 18.2 Å². The second-order valence-electron chi connectivity index (χ2n) is 3.76. The quantitative estimate of drug-likeness (QED) is 0.723. The van der Waals surface area contributed by atoms with Gasteiger partial charge in [-0.3, -0.25) is 4.98 Å². The molecule has 2 aromatic rings. The summed E-state index contributed by atoms with van der Waals surface area (Å²) in [4.78, 5) is 3.82. The van der Waals surface area contributed by atoms with E-state index in [-0.39, 0.29) is 63.7 Å². The third-order valence-electron chi connectivity index (χ3n) is 2.42. The summed E-state index contributed by atoms with van der Waals surface area (Å²) in [5.41, 5.74) is 0.0704. The molecule has 0 bridgehead atoms. The molecular weight excluding hydrogens is 281 g/mol. The monoisotopic (exact) mass is 291 g/mol. The van der Waals surface area contributed by atoms with Crippen LogP contribution < -0.4 is 61.6 Å². The first-order chi connectivity index (χ1) is 8.57. The summed E-state index contributed by atoms with van der Waals surface area (Å²) in [6, 6.07) is 8.62. The molecule has 1 heterocycles. The van der Waals surface area contributed by atoms with E-state index in [1.807, 2.05) is 0 Å². The Bertz CT molecular complexity index is 522. The van der Waals surface area contributed by atoms with Crippen molar-refractivity contribution in [2.45, 2.75) is 6.61 Å². The number of hydrogen-bond acceptors (Lipinski definition) is 2. The van der Waals surface area contributed by atoms with Crippen LogP contribution in [0.3, 0.4) is 0 Å². The number of para-hydroxylation sites is 1. The van der Waals surface area contributed by atoms with Crippen molar-refractivity contribution >= 4 is 12.4 Å². The maximum absolute atomic E-state index is 12.7. The van der Waals surface area contributed by atoms with Crippen LogP contribution in [0.2, 0.25) is 0 Å². The van der Waals surface area contributed by atoms with E-state index < -0.39 is 12.4 Å². The number of halogens is 3. The van der Waals surface area contributed by atoms with Gasteiger partial charge in [-0.2, -0.15) is 0 Å². The standard InChI is InChI=1S/C12H10BF3NO.K/c14-13(15,16)11-3-1-2-4-12(11)18-9-10-5-7-17-8-6-10;/h1-8H,9H2;/q-1;+1. The molecule has 0 aliphatic carbocycles. The summed E-state index contributed by atoms with van der Waals surface area (Å²) in [5.74, 6) is -0.137. The van der Waals surface area contributed by atoms with Crippen LogP contribution in [-0.2, 0) is 6.61 Å². The molecular formula is C12H10BF3KNO. The van der Waals surface area contributed by atoms with Gasteiger partial charge in [0, 0.05) is 12.4 Å². The number of benzene rings is 1. The van der Waals surface area contributed by atoms with Gasteiger partial charge in [-0.1, -0.05) is 23.7 Å². The van der Waals surface area contributed by atoms with Gasteiger partial charge in [-0.25, -0.2) is 0 Å². The summed E-state index contributed by atoms with van der Waals surface area (Å²) < 4.78 is 43.5. The van der Waals surface area contributed by atoms with Gasteiger partial charge in [-0.15, -0.1) is 0 Å². The zero-order valence-electron chi connectivity index (χ0n) is 10.4. The van der Waals surface area contributed by atoms with Crippen molar-refractivity contribution in [3.63, 3.8) is 0 Å². The Morgan fingerprint density at radius 1 is 1.00 bits per heavy atom. The van der Waals surface area contributed by atoms with Crippen molar-refractivity contribution in [3.8, 4) is 5.75 Å². The molecule has 0 saturated carbocycles. The first-order valence-electron chi connectivity index (χ1n) is 5.38. The van der Waals surface area contributed by atoms with Crippen LogP contribution in [0.5, 0.6) is 5.75 Å². The molecule has 0 amide bonds. The number of aromatic nitrogens is 1. The second-order valence-corrected chi connectivity index (χ2v) is 3.76. The van der Waals surface area contributed by atoms with Crippen LogP contribution in [-0.4, -0.2) is 12.0 Å². The number of hydrogen-bond donors (Lipinski definition) is 0. The number of rotatable bonds is 4. The van der Waals surface area contributed by atoms with E-state index >= 15 is 0 Å². The van der Waals surface area contributed by atoms with Gasteiger partial charge in [-0.05, 0) is 23.8 Å². The molecule has 0 radical (unpaired) electrons. The molecule has 0 fully saturated rings. The van der Waals surface area contributed by atoms with Gasteiger partial charge in [0.25, 0.3) is 0 Å². The van der Waals surface area contributed by atoms with Crippen molar-refractivity contribution in [3.05, 3.63) is 54.4 Å². The van der Waals surface area contributed by atoms with Crippen molar-refractivity contribution in [2.24, 2.45) is 0 Å². The largest absolute Gasteiger partial charge is 1.00 e. The molecule has 0 aliphatic heterocycles. The molecule has 0 aliphatic rings. The molecule has 0 N–H and O–H groups in total. The topological polar surface area (TPSA) is 22.1 Å². The van der Waals surface area contributed by atoms with E-state index in [9.17, 15) is 12.9 Å². The average Bonchev–Trinajstić information content (AvgIpc) is 2.37. The smallest absolute Gasteiger partial charge is 0.492 e. The third kappa shape index (κ3) is 4.92. The van der Waals surface area contributed by atoms with Gasteiger partial charge in [0.05, 0.1) is 5.75 Å². The van der Waals surface area contributed by atoms with Gasteiger partial charge in [0.1, 0.15) is 6.61 Å². The summed E-state index contributed by atoms with van der Waals surface area (Å²) in [6.07, 6.45) is 3.14. The van der Waals surface area contributed by atoms with E-state index in [2.05, 4.69) is 4.98 Å². The van der Waals surface area contributed by atoms with E-state index in [1.54, 1.807) is 24.5 Å². The van der Waals surface area contributed by atoms with Crippen LogP contribution in [0.4, 0.5) is 12.9 Å². The Morgan fingerprint density at radius 2 is 1.63 bits per heavy atom. The van der Waals surface area contributed by atoms with Crippen molar-refractivity contribution in [1.82, 2.24) is 4.98 Å².